The molecule has 1 aliphatic heterocycles. The zero-order valence-electron chi connectivity index (χ0n) is 20.1. The van der Waals surface area contributed by atoms with Crippen LogP contribution in [0.3, 0.4) is 0 Å². The van der Waals surface area contributed by atoms with Gasteiger partial charge in [-0.25, -0.2) is 4.79 Å². The lowest BCUT2D eigenvalue weighted by Gasteiger charge is -2.13. The number of hydrogen-bond acceptors (Lipinski definition) is 5. The van der Waals surface area contributed by atoms with Crippen LogP contribution < -0.4 is 14.2 Å². The molecule has 6 nitrogen and oxygen atoms in total. The number of halogens is 1. The first-order chi connectivity index (χ1) is 17.4. The van der Waals surface area contributed by atoms with E-state index in [9.17, 15) is 9.59 Å². The van der Waals surface area contributed by atoms with E-state index in [0.717, 1.165) is 28.8 Å². The summed E-state index contributed by atoms with van der Waals surface area (Å²) in [4.78, 5) is 25.8. The number of esters is 1. The lowest BCUT2D eigenvalue weighted by atomic mass is 10.1. The van der Waals surface area contributed by atoms with Crippen molar-refractivity contribution in [3.05, 3.63) is 94.9 Å². The first-order valence-corrected chi connectivity index (χ1v) is 12.0. The Morgan fingerprint density at radius 2 is 1.92 bits per heavy atom. The zero-order valence-corrected chi connectivity index (χ0v) is 20.8. The summed E-state index contributed by atoms with van der Waals surface area (Å²) in [6.07, 6.45) is 3.73. The minimum absolute atomic E-state index is 0.203. The van der Waals surface area contributed by atoms with Crippen LogP contribution in [0.5, 0.6) is 17.2 Å². The molecule has 2 heterocycles. The van der Waals surface area contributed by atoms with E-state index in [-0.39, 0.29) is 11.5 Å². The third-order valence-corrected chi connectivity index (χ3v) is 6.72. The summed E-state index contributed by atoms with van der Waals surface area (Å²) in [5.41, 5.74) is 3.49. The average Bonchev–Trinajstić information content (AvgIpc) is 3.42. The summed E-state index contributed by atoms with van der Waals surface area (Å²) in [6.45, 7) is 4.58. The number of Topliss-reactive ketones (excluding diaryl/α,β-unsaturated/α-hetero) is 1. The highest BCUT2D eigenvalue weighted by molar-refractivity contribution is 6.30. The van der Waals surface area contributed by atoms with Crippen molar-refractivity contribution in [1.29, 1.82) is 0 Å². The van der Waals surface area contributed by atoms with Crippen molar-refractivity contribution in [2.75, 3.05) is 7.11 Å². The number of ketones is 1. The van der Waals surface area contributed by atoms with E-state index in [0.29, 0.717) is 28.2 Å². The Morgan fingerprint density at radius 1 is 1.14 bits per heavy atom. The van der Waals surface area contributed by atoms with Gasteiger partial charge in [-0.2, -0.15) is 0 Å². The molecule has 1 aliphatic rings. The van der Waals surface area contributed by atoms with E-state index >= 15 is 0 Å². The highest BCUT2D eigenvalue weighted by Crippen LogP contribution is 2.40. The number of allylic oxidation sites excluding steroid dienone is 1. The van der Waals surface area contributed by atoms with Crippen molar-refractivity contribution >= 4 is 40.3 Å². The Hall–Kier alpha value is -4.03. The van der Waals surface area contributed by atoms with Gasteiger partial charge >= 0.3 is 5.97 Å². The summed E-state index contributed by atoms with van der Waals surface area (Å²) in [5, 5.41) is 0.00111. The van der Waals surface area contributed by atoms with Gasteiger partial charge in [-0.05, 0) is 55.8 Å². The molecule has 4 aromatic rings. The van der Waals surface area contributed by atoms with Gasteiger partial charge in [-0.15, -0.1) is 11.6 Å². The molecule has 1 unspecified atom stereocenters. The minimum atomic E-state index is -0.954. The van der Waals surface area contributed by atoms with Crippen LogP contribution in [-0.4, -0.2) is 23.4 Å². The second-order valence-corrected chi connectivity index (χ2v) is 8.89. The Balaban J connectivity index is 1.45. The van der Waals surface area contributed by atoms with E-state index in [4.69, 9.17) is 25.8 Å². The Bertz CT molecular complexity index is 1520. The van der Waals surface area contributed by atoms with Crippen LogP contribution in [0.25, 0.3) is 17.0 Å². The molecule has 0 bridgehead atoms. The Morgan fingerprint density at radius 3 is 2.64 bits per heavy atom. The lowest BCUT2D eigenvalue weighted by molar-refractivity contribution is -0.134. The second-order valence-electron chi connectivity index (χ2n) is 8.45. The van der Waals surface area contributed by atoms with Gasteiger partial charge in [0, 0.05) is 34.8 Å². The fourth-order valence-corrected chi connectivity index (χ4v) is 4.54. The molecular weight excluding hydrogens is 478 g/mol. The largest absolute Gasteiger partial charge is 0.497 e. The molecule has 0 N–H and O–H groups in total. The monoisotopic (exact) mass is 501 g/mol. The predicted octanol–water partition coefficient (Wildman–Crippen LogP) is 6.48. The number of alkyl halides is 1. The van der Waals surface area contributed by atoms with Crippen LogP contribution in [0.1, 0.15) is 39.3 Å². The molecule has 0 saturated carbocycles. The third kappa shape index (κ3) is 4.14. The molecule has 0 amide bonds. The quantitative estimate of drug-likeness (QED) is 0.131. The molecular formula is C29H24ClNO5. The number of benzene rings is 3. The second kappa shape index (κ2) is 9.55. The van der Waals surface area contributed by atoms with E-state index < -0.39 is 11.3 Å². The van der Waals surface area contributed by atoms with Crippen LogP contribution in [0, 0.1) is 6.92 Å². The fourth-order valence-electron chi connectivity index (χ4n) is 4.35. The average molecular weight is 502 g/mol. The molecule has 182 valence electrons. The molecule has 0 aliphatic carbocycles. The van der Waals surface area contributed by atoms with Crippen LogP contribution >= 0.6 is 11.6 Å². The Kier molecular flexibility index (Phi) is 6.29. The van der Waals surface area contributed by atoms with Gasteiger partial charge < -0.3 is 18.8 Å². The van der Waals surface area contributed by atoms with Crippen molar-refractivity contribution in [3.63, 3.8) is 0 Å². The zero-order chi connectivity index (χ0) is 25.4. The van der Waals surface area contributed by atoms with Crippen LogP contribution in [0.4, 0.5) is 0 Å². The number of nitrogens with zero attached hydrogens (tertiary/aromatic N) is 1. The van der Waals surface area contributed by atoms with Crippen molar-refractivity contribution < 1.29 is 23.8 Å². The van der Waals surface area contributed by atoms with Gasteiger partial charge in [0.05, 0.1) is 12.7 Å². The number of rotatable bonds is 6. The number of aromatic nitrogens is 1. The summed E-state index contributed by atoms with van der Waals surface area (Å²) in [6, 6.07) is 18.0. The number of fused-ring (bicyclic) bond motifs is 2. The first kappa shape index (κ1) is 23.7. The van der Waals surface area contributed by atoms with Gasteiger partial charge in [-0.1, -0.05) is 30.3 Å². The van der Waals surface area contributed by atoms with E-state index in [2.05, 4.69) is 11.5 Å². The molecule has 1 atom stereocenters. The number of carbonyl (C=O) groups excluding carboxylic acids is 2. The van der Waals surface area contributed by atoms with Crippen molar-refractivity contribution in [3.8, 4) is 17.2 Å². The maximum Gasteiger partial charge on any atom is 0.334 e. The first-order valence-electron chi connectivity index (χ1n) is 11.6. The number of ether oxygens (including phenoxy) is 3. The molecule has 0 spiro atoms. The molecule has 1 aromatic heterocycles. The number of aryl methyl sites for hydroxylation is 1. The van der Waals surface area contributed by atoms with Crippen molar-refractivity contribution in [2.24, 2.45) is 0 Å². The topological polar surface area (TPSA) is 66.8 Å². The highest BCUT2D eigenvalue weighted by atomic mass is 35.5. The molecule has 0 fully saturated rings. The van der Waals surface area contributed by atoms with Crippen molar-refractivity contribution in [1.82, 2.24) is 4.57 Å². The normalized spacial score (nSPS) is 14.6. The summed E-state index contributed by atoms with van der Waals surface area (Å²) in [7, 11) is 1.62. The van der Waals surface area contributed by atoms with Gasteiger partial charge in [0.2, 0.25) is 5.78 Å². The predicted molar refractivity (Wildman–Crippen MR) is 139 cm³/mol. The third-order valence-electron chi connectivity index (χ3n) is 6.29. The number of hydrogen-bond donors (Lipinski definition) is 0. The van der Waals surface area contributed by atoms with Crippen LogP contribution in [0.2, 0.25) is 0 Å². The van der Waals surface area contributed by atoms with Gasteiger partial charge in [0.1, 0.15) is 17.2 Å². The standard InChI is InChI=1S/C29H24ClNO5/c1-4-31-16-19(22-15-20(34-3)10-12-23(22)31)14-25-27(32)21-11-13-24(17(2)28(21)35-25)36-29(33)26(30)18-8-6-5-7-9-18/h5-16,26H,4H2,1-3H3/b25-14-. The fraction of sp³-hybridized carbons (Fsp3) is 0.172. The maximum absolute atomic E-state index is 13.2. The van der Waals surface area contributed by atoms with Gasteiger partial charge in [0.25, 0.3) is 0 Å². The SMILES string of the molecule is CCn1cc(/C=C2\Oc3c(ccc(OC(=O)C(Cl)c4ccccc4)c3C)C2=O)c2cc(OC)ccc21. The maximum atomic E-state index is 13.2. The summed E-state index contributed by atoms with van der Waals surface area (Å²) < 4.78 is 19.1. The van der Waals surface area contributed by atoms with Gasteiger partial charge in [-0.3, -0.25) is 4.79 Å². The smallest absolute Gasteiger partial charge is 0.334 e. The lowest BCUT2D eigenvalue weighted by Crippen LogP contribution is -2.15. The molecule has 36 heavy (non-hydrogen) atoms. The molecule has 5 rings (SSSR count). The van der Waals surface area contributed by atoms with Crippen LogP contribution in [0.15, 0.2) is 72.6 Å². The van der Waals surface area contributed by atoms with E-state index in [1.807, 2.05) is 30.5 Å². The van der Waals surface area contributed by atoms with E-state index in [1.54, 1.807) is 56.5 Å². The number of carbonyl (C=O) groups is 2. The van der Waals surface area contributed by atoms with Crippen molar-refractivity contribution in [2.45, 2.75) is 25.8 Å². The van der Waals surface area contributed by atoms with Gasteiger partial charge in [0.15, 0.2) is 11.1 Å². The van der Waals surface area contributed by atoms with E-state index in [1.165, 1.54) is 0 Å². The molecule has 7 heteroatoms. The highest BCUT2D eigenvalue weighted by Gasteiger charge is 2.31. The molecule has 0 radical (unpaired) electrons. The molecule has 0 saturated heterocycles. The number of methoxy groups -OCH3 is 1. The minimum Gasteiger partial charge on any atom is -0.497 e. The Labute approximate surface area is 213 Å². The molecule has 3 aromatic carbocycles. The van der Waals surface area contributed by atoms with Crippen LogP contribution in [-0.2, 0) is 11.3 Å². The summed E-state index contributed by atoms with van der Waals surface area (Å²) in [5.74, 6) is 0.765. The summed E-state index contributed by atoms with van der Waals surface area (Å²) >= 11 is 6.32.